The lowest BCUT2D eigenvalue weighted by molar-refractivity contribution is 0.435. The first-order valence-corrected chi connectivity index (χ1v) is 9.08. The van der Waals surface area contributed by atoms with Gasteiger partial charge in [0.1, 0.15) is 17.3 Å². The summed E-state index contributed by atoms with van der Waals surface area (Å²) in [5, 5.41) is 0. The van der Waals surface area contributed by atoms with E-state index in [1.54, 1.807) is 30.7 Å². The van der Waals surface area contributed by atoms with Crippen LogP contribution in [0.15, 0.2) is 41.5 Å². The Morgan fingerprint density at radius 2 is 1.96 bits per heavy atom. The molecule has 0 amide bonds. The smallest absolute Gasteiger partial charge is 0.253 e. The molecule has 2 aromatic heterocycles. The maximum atomic E-state index is 14.0. The molecule has 144 valence electrons. The molecule has 0 saturated heterocycles. The fraction of sp³-hybridized carbons (Fsp3) is 0.286. The van der Waals surface area contributed by atoms with E-state index in [0.717, 1.165) is 25.0 Å². The minimum atomic E-state index is -0.818. The molecule has 3 aromatic rings. The molecule has 1 aromatic carbocycles. The van der Waals surface area contributed by atoms with Gasteiger partial charge in [0.15, 0.2) is 17.3 Å². The standard InChI is InChI=1S/C21H19F2N3O2/c1-12-7-15(11-26(21(12)27)10-14-3-4-14)20-19(9-24-13(2)25-20)28-18-6-5-16(22)8-17(18)23/h5-9,11,14H,3-4,10H2,1-2H3. The van der Waals surface area contributed by atoms with Crippen LogP contribution in [0, 0.1) is 31.4 Å². The number of benzene rings is 1. The lowest BCUT2D eigenvalue weighted by Crippen LogP contribution is -2.22. The van der Waals surface area contributed by atoms with Crippen molar-refractivity contribution >= 4 is 0 Å². The molecule has 0 atom stereocenters. The predicted octanol–water partition coefficient (Wildman–Crippen LogP) is 4.40. The van der Waals surface area contributed by atoms with Crippen LogP contribution in [-0.2, 0) is 6.54 Å². The van der Waals surface area contributed by atoms with Gasteiger partial charge in [-0.1, -0.05) is 0 Å². The van der Waals surface area contributed by atoms with Gasteiger partial charge < -0.3 is 9.30 Å². The molecule has 0 unspecified atom stereocenters. The van der Waals surface area contributed by atoms with E-state index in [9.17, 15) is 13.6 Å². The molecule has 0 radical (unpaired) electrons. The zero-order chi connectivity index (χ0) is 19.8. The Bertz CT molecular complexity index is 1110. The number of ether oxygens (including phenoxy) is 1. The molecule has 7 heteroatoms. The van der Waals surface area contributed by atoms with E-state index in [0.29, 0.717) is 35.1 Å². The van der Waals surface area contributed by atoms with Crippen molar-refractivity contribution in [3.63, 3.8) is 0 Å². The number of pyridine rings is 1. The lowest BCUT2D eigenvalue weighted by atomic mass is 10.1. The van der Waals surface area contributed by atoms with Crippen molar-refractivity contribution in [1.29, 1.82) is 0 Å². The van der Waals surface area contributed by atoms with Gasteiger partial charge in [-0.25, -0.2) is 18.7 Å². The molecule has 0 N–H and O–H groups in total. The Balaban J connectivity index is 1.78. The number of hydrogen-bond donors (Lipinski definition) is 0. The normalized spacial score (nSPS) is 13.6. The van der Waals surface area contributed by atoms with Crippen LogP contribution < -0.4 is 10.3 Å². The highest BCUT2D eigenvalue weighted by Gasteiger charge is 2.23. The van der Waals surface area contributed by atoms with E-state index >= 15 is 0 Å². The second kappa shape index (κ2) is 7.14. The first-order valence-electron chi connectivity index (χ1n) is 9.08. The van der Waals surface area contributed by atoms with Crippen molar-refractivity contribution in [2.45, 2.75) is 33.2 Å². The predicted molar refractivity (Wildman–Crippen MR) is 100 cm³/mol. The monoisotopic (exact) mass is 383 g/mol. The highest BCUT2D eigenvalue weighted by atomic mass is 19.1. The highest BCUT2D eigenvalue weighted by Crippen LogP contribution is 2.34. The molecule has 2 heterocycles. The van der Waals surface area contributed by atoms with Crippen molar-refractivity contribution in [3.05, 3.63) is 70.0 Å². The molecule has 1 aliphatic rings. The third-order valence-corrected chi connectivity index (χ3v) is 4.68. The molecule has 0 spiro atoms. The van der Waals surface area contributed by atoms with E-state index in [-0.39, 0.29) is 17.1 Å². The van der Waals surface area contributed by atoms with E-state index in [1.807, 2.05) is 0 Å². The van der Waals surface area contributed by atoms with Crippen molar-refractivity contribution in [2.24, 2.45) is 5.92 Å². The first kappa shape index (κ1) is 18.3. The van der Waals surface area contributed by atoms with Crippen LogP contribution in [0.4, 0.5) is 8.78 Å². The Hall–Kier alpha value is -3.09. The van der Waals surface area contributed by atoms with Gasteiger partial charge in [0.25, 0.3) is 5.56 Å². The van der Waals surface area contributed by atoms with Gasteiger partial charge in [0, 0.05) is 29.9 Å². The number of nitrogens with zero attached hydrogens (tertiary/aromatic N) is 3. The van der Waals surface area contributed by atoms with E-state index in [2.05, 4.69) is 9.97 Å². The minimum absolute atomic E-state index is 0.0338. The van der Waals surface area contributed by atoms with Crippen LogP contribution >= 0.6 is 0 Å². The average molecular weight is 383 g/mol. The molecule has 0 bridgehead atoms. The summed E-state index contributed by atoms with van der Waals surface area (Å²) in [5.41, 5.74) is 1.69. The summed E-state index contributed by atoms with van der Waals surface area (Å²) in [6.07, 6.45) is 5.45. The number of aryl methyl sites for hydroxylation is 2. The van der Waals surface area contributed by atoms with Crippen LogP contribution in [0.1, 0.15) is 24.2 Å². The summed E-state index contributed by atoms with van der Waals surface area (Å²) in [6, 6.07) is 4.83. The fourth-order valence-electron chi connectivity index (χ4n) is 3.05. The fourth-order valence-corrected chi connectivity index (χ4v) is 3.05. The third kappa shape index (κ3) is 3.78. The minimum Gasteiger partial charge on any atom is -0.450 e. The molecular formula is C21H19F2N3O2. The SMILES string of the molecule is Cc1ncc(Oc2ccc(F)cc2F)c(-c2cc(C)c(=O)n(CC3CC3)c2)n1. The maximum Gasteiger partial charge on any atom is 0.253 e. The van der Waals surface area contributed by atoms with Crippen molar-refractivity contribution in [2.75, 3.05) is 0 Å². The molecule has 4 rings (SSSR count). The van der Waals surface area contributed by atoms with Crippen LogP contribution in [0.2, 0.25) is 0 Å². The summed E-state index contributed by atoms with van der Waals surface area (Å²) in [6.45, 7) is 4.16. The number of rotatable bonds is 5. The Kier molecular flexibility index (Phi) is 4.66. The van der Waals surface area contributed by atoms with Gasteiger partial charge >= 0.3 is 0 Å². The summed E-state index contributed by atoms with van der Waals surface area (Å²) in [5.74, 6) is -0.359. The quantitative estimate of drug-likeness (QED) is 0.655. The van der Waals surface area contributed by atoms with Gasteiger partial charge in [-0.15, -0.1) is 0 Å². The highest BCUT2D eigenvalue weighted by molar-refractivity contribution is 5.66. The van der Waals surface area contributed by atoms with Crippen molar-refractivity contribution in [3.8, 4) is 22.8 Å². The van der Waals surface area contributed by atoms with Crippen LogP contribution in [0.25, 0.3) is 11.3 Å². The summed E-state index contributed by atoms with van der Waals surface area (Å²) in [7, 11) is 0. The zero-order valence-electron chi connectivity index (χ0n) is 15.6. The lowest BCUT2D eigenvalue weighted by Gasteiger charge is -2.14. The Labute approximate surface area is 160 Å². The molecule has 1 fully saturated rings. The van der Waals surface area contributed by atoms with E-state index in [4.69, 9.17) is 4.74 Å². The van der Waals surface area contributed by atoms with E-state index in [1.165, 1.54) is 12.3 Å². The molecule has 1 aliphatic carbocycles. The third-order valence-electron chi connectivity index (χ3n) is 4.68. The van der Waals surface area contributed by atoms with Crippen LogP contribution in [0.5, 0.6) is 11.5 Å². The summed E-state index contributed by atoms with van der Waals surface area (Å²) < 4.78 is 34.5. The van der Waals surface area contributed by atoms with Gasteiger partial charge in [-0.2, -0.15) is 0 Å². The number of aromatic nitrogens is 3. The van der Waals surface area contributed by atoms with Crippen LogP contribution in [-0.4, -0.2) is 14.5 Å². The van der Waals surface area contributed by atoms with Gasteiger partial charge in [0.05, 0.1) is 6.20 Å². The number of hydrogen-bond acceptors (Lipinski definition) is 4. The molecule has 0 aliphatic heterocycles. The Morgan fingerprint density at radius 1 is 1.18 bits per heavy atom. The molecule has 5 nitrogen and oxygen atoms in total. The van der Waals surface area contributed by atoms with Crippen LogP contribution in [0.3, 0.4) is 0 Å². The summed E-state index contributed by atoms with van der Waals surface area (Å²) in [4.78, 5) is 21.0. The van der Waals surface area contributed by atoms with Crippen molar-refractivity contribution in [1.82, 2.24) is 14.5 Å². The number of halogens is 2. The van der Waals surface area contributed by atoms with Gasteiger partial charge in [-0.05, 0) is 50.8 Å². The second-order valence-electron chi connectivity index (χ2n) is 7.12. The first-order chi connectivity index (χ1) is 13.4. The van der Waals surface area contributed by atoms with Gasteiger partial charge in [0.2, 0.25) is 0 Å². The molecule has 1 saturated carbocycles. The molecule has 28 heavy (non-hydrogen) atoms. The largest absolute Gasteiger partial charge is 0.450 e. The topological polar surface area (TPSA) is 57.0 Å². The Morgan fingerprint density at radius 3 is 2.68 bits per heavy atom. The van der Waals surface area contributed by atoms with Gasteiger partial charge in [-0.3, -0.25) is 4.79 Å². The molecular weight excluding hydrogens is 364 g/mol. The summed E-state index contributed by atoms with van der Waals surface area (Å²) >= 11 is 0. The van der Waals surface area contributed by atoms with E-state index < -0.39 is 11.6 Å². The average Bonchev–Trinajstić information content (AvgIpc) is 3.46. The zero-order valence-corrected chi connectivity index (χ0v) is 15.6. The van der Waals surface area contributed by atoms with Crippen molar-refractivity contribution < 1.29 is 13.5 Å². The second-order valence-corrected chi connectivity index (χ2v) is 7.12. The maximum absolute atomic E-state index is 14.0.